The number of carbonyl (C=O) groups is 4. The van der Waals surface area contributed by atoms with Crippen LogP contribution in [0.5, 0.6) is 0 Å². The van der Waals surface area contributed by atoms with Crippen molar-refractivity contribution in [2.75, 3.05) is 0 Å². The molecule has 0 amide bonds. The zero-order valence-electron chi connectivity index (χ0n) is 9.55. The van der Waals surface area contributed by atoms with Crippen molar-refractivity contribution < 1.29 is 19.2 Å². The van der Waals surface area contributed by atoms with Crippen molar-refractivity contribution in [1.29, 1.82) is 0 Å². The van der Waals surface area contributed by atoms with Crippen LogP contribution in [0.15, 0.2) is 0 Å². The van der Waals surface area contributed by atoms with E-state index in [4.69, 9.17) is 0 Å². The third-order valence-electron chi connectivity index (χ3n) is 0.996. The van der Waals surface area contributed by atoms with Crippen molar-refractivity contribution >= 4 is 47.0 Å². The molecule has 0 aliphatic heterocycles. The molecule has 2 radical (unpaired) electrons. The van der Waals surface area contributed by atoms with E-state index < -0.39 is 0 Å². The minimum atomic E-state index is -0.0625. The van der Waals surface area contributed by atoms with E-state index in [9.17, 15) is 19.2 Å². The van der Waals surface area contributed by atoms with E-state index in [1.807, 2.05) is 0 Å². The van der Waals surface area contributed by atoms with Gasteiger partial charge in [0.25, 0.3) is 0 Å². The number of hydrogen-bond acceptors (Lipinski definition) is 4. The summed E-state index contributed by atoms with van der Waals surface area (Å²) in [5, 5.41) is 0. The van der Waals surface area contributed by atoms with Crippen LogP contribution in [0.4, 0.5) is 0 Å². The van der Waals surface area contributed by atoms with E-state index in [0.717, 1.165) is 0 Å². The minimum absolute atomic E-state index is 0. The van der Waals surface area contributed by atoms with Crippen molar-refractivity contribution in [3.8, 4) is 0 Å². The third-order valence-corrected chi connectivity index (χ3v) is 0.996. The number of hydrogen-bond donors (Lipinski definition) is 0. The molecule has 0 spiro atoms. The summed E-state index contributed by atoms with van der Waals surface area (Å²) >= 11 is 0. The molecule has 0 aliphatic carbocycles. The smallest absolute Gasteiger partial charge is 0.300 e. The predicted molar refractivity (Wildman–Crippen MR) is 57.7 cm³/mol. The normalized spacial score (nSPS) is 7.73. The van der Waals surface area contributed by atoms with Crippen LogP contribution >= 0.6 is 0 Å². The summed E-state index contributed by atoms with van der Waals surface area (Å²) in [4.78, 5) is 40.1. The Morgan fingerprint density at radius 2 is 0.733 bits per heavy atom. The Balaban J connectivity index is -0.000000180. The Labute approximate surface area is 107 Å². The summed E-state index contributed by atoms with van der Waals surface area (Å²) in [6.07, 6.45) is 0.167. The van der Waals surface area contributed by atoms with Crippen LogP contribution in [0.1, 0.15) is 40.5 Å². The van der Waals surface area contributed by atoms with E-state index >= 15 is 0 Å². The molecule has 4 nitrogen and oxygen atoms in total. The van der Waals surface area contributed by atoms with Gasteiger partial charge in [0.2, 0.25) is 0 Å². The van der Waals surface area contributed by atoms with Crippen LogP contribution in [0, 0.1) is 0 Å². The molecule has 0 bridgehead atoms. The standard InChI is InChI=1S/2C5H8O2.Sn/c2*1-4(6)3-5(2)7;/h2*3H2,1-2H3;/q;;+2. The predicted octanol–water partition coefficient (Wildman–Crippen LogP) is 0.728. The summed E-state index contributed by atoms with van der Waals surface area (Å²) in [6.45, 7) is 5.62. The van der Waals surface area contributed by atoms with E-state index in [2.05, 4.69) is 0 Å². The summed E-state index contributed by atoms with van der Waals surface area (Å²) in [5.41, 5.74) is 0. The largest absolute Gasteiger partial charge is 2.00 e. The van der Waals surface area contributed by atoms with Crippen molar-refractivity contribution in [3.63, 3.8) is 0 Å². The minimum Gasteiger partial charge on any atom is -0.300 e. The fraction of sp³-hybridized carbons (Fsp3) is 0.600. The molecule has 0 aromatic heterocycles. The van der Waals surface area contributed by atoms with Gasteiger partial charge in [-0.1, -0.05) is 0 Å². The topological polar surface area (TPSA) is 68.3 Å². The van der Waals surface area contributed by atoms with Crippen molar-refractivity contribution in [2.24, 2.45) is 0 Å². The molecule has 0 aromatic rings. The zero-order chi connectivity index (χ0) is 11.7. The Bertz CT molecular complexity index is 196. The molecular formula is C10H16O4Sn+2. The number of ketones is 4. The Morgan fingerprint density at radius 3 is 0.733 bits per heavy atom. The molecule has 0 saturated heterocycles. The fourth-order valence-corrected chi connectivity index (χ4v) is 0.701. The van der Waals surface area contributed by atoms with Gasteiger partial charge in [0.1, 0.15) is 23.1 Å². The second-order valence-corrected chi connectivity index (χ2v) is 3.16. The molecule has 0 atom stereocenters. The van der Waals surface area contributed by atoms with E-state index in [1.54, 1.807) is 0 Å². The van der Waals surface area contributed by atoms with Gasteiger partial charge in [0, 0.05) is 0 Å². The van der Waals surface area contributed by atoms with Gasteiger partial charge in [0.05, 0.1) is 12.8 Å². The van der Waals surface area contributed by atoms with Crippen LogP contribution in [-0.2, 0) is 19.2 Å². The van der Waals surface area contributed by atoms with Crippen molar-refractivity contribution in [2.45, 2.75) is 40.5 Å². The molecule has 0 fully saturated rings. The summed E-state index contributed by atoms with van der Waals surface area (Å²) < 4.78 is 0. The molecular weight excluding hydrogens is 303 g/mol. The molecule has 0 rings (SSSR count). The monoisotopic (exact) mass is 320 g/mol. The number of Topliss-reactive ketones (excluding diaryl/α,β-unsaturated/α-hetero) is 4. The van der Waals surface area contributed by atoms with Gasteiger partial charge in [0.15, 0.2) is 0 Å². The molecule has 0 heterocycles. The second-order valence-electron chi connectivity index (χ2n) is 3.16. The number of rotatable bonds is 4. The Kier molecular flexibility index (Phi) is 15.4. The van der Waals surface area contributed by atoms with Crippen LogP contribution in [0.25, 0.3) is 0 Å². The maximum atomic E-state index is 10.0. The van der Waals surface area contributed by atoms with Gasteiger partial charge in [-0.15, -0.1) is 0 Å². The van der Waals surface area contributed by atoms with Crippen LogP contribution in [0.2, 0.25) is 0 Å². The molecule has 0 N–H and O–H groups in total. The molecule has 82 valence electrons. The maximum absolute atomic E-state index is 10.0. The molecule has 0 saturated carbocycles. The Morgan fingerprint density at radius 1 is 0.600 bits per heavy atom. The van der Waals surface area contributed by atoms with E-state index in [-0.39, 0.29) is 59.9 Å². The van der Waals surface area contributed by atoms with Crippen molar-refractivity contribution in [3.05, 3.63) is 0 Å². The van der Waals surface area contributed by atoms with Gasteiger partial charge < -0.3 is 0 Å². The molecule has 15 heavy (non-hydrogen) atoms. The maximum Gasteiger partial charge on any atom is 2.00 e. The average Bonchev–Trinajstić information content (AvgIpc) is 1.79. The summed E-state index contributed by atoms with van der Waals surface area (Å²) in [5.74, 6) is -0.250. The van der Waals surface area contributed by atoms with Gasteiger partial charge >= 0.3 is 23.9 Å². The summed E-state index contributed by atoms with van der Waals surface area (Å²) in [7, 11) is 0. The number of carbonyl (C=O) groups excluding carboxylic acids is 4. The fourth-order valence-electron chi connectivity index (χ4n) is 0.701. The molecule has 0 unspecified atom stereocenters. The first kappa shape index (κ1) is 20.0. The zero-order valence-corrected chi connectivity index (χ0v) is 12.4. The third kappa shape index (κ3) is 31.8. The van der Waals surface area contributed by atoms with Crippen molar-refractivity contribution in [1.82, 2.24) is 0 Å². The van der Waals surface area contributed by atoms with Gasteiger partial charge in [-0.2, -0.15) is 0 Å². The van der Waals surface area contributed by atoms with Gasteiger partial charge in [-0.3, -0.25) is 19.2 Å². The average molecular weight is 319 g/mol. The Hall–Kier alpha value is -0.521. The first-order chi connectivity index (χ1) is 6.25. The van der Waals surface area contributed by atoms with Crippen LogP contribution < -0.4 is 0 Å². The first-order valence-electron chi connectivity index (χ1n) is 4.23. The van der Waals surface area contributed by atoms with E-state index in [1.165, 1.54) is 27.7 Å². The van der Waals surface area contributed by atoms with Crippen LogP contribution in [-0.4, -0.2) is 47.0 Å². The SMILES string of the molecule is CC(=O)CC(C)=O.CC(=O)CC(C)=O.[Sn+2]. The molecule has 5 heteroatoms. The quantitative estimate of drug-likeness (QED) is 0.566. The first-order valence-corrected chi connectivity index (χ1v) is 4.23. The molecule has 0 aromatic carbocycles. The van der Waals surface area contributed by atoms with Gasteiger partial charge in [-0.25, -0.2) is 0 Å². The molecule has 0 aliphatic rings. The van der Waals surface area contributed by atoms with E-state index in [0.29, 0.717) is 0 Å². The second kappa shape index (κ2) is 11.6. The van der Waals surface area contributed by atoms with Gasteiger partial charge in [-0.05, 0) is 27.7 Å². The van der Waals surface area contributed by atoms with Crippen LogP contribution in [0.3, 0.4) is 0 Å². The summed E-state index contributed by atoms with van der Waals surface area (Å²) in [6, 6.07) is 0.